The zero-order valence-corrected chi connectivity index (χ0v) is 8.95. The predicted octanol–water partition coefficient (Wildman–Crippen LogP) is 2.09. The standard InChI is InChI=1S/C11H11N3S/c12-6-9-7-13-11(14-8-9)15-10-4-2-1-3-5-10/h1-5,7-8H,6,12H2. The van der Waals surface area contributed by atoms with E-state index < -0.39 is 0 Å². The molecule has 0 saturated carbocycles. The van der Waals surface area contributed by atoms with Gasteiger partial charge < -0.3 is 5.73 Å². The van der Waals surface area contributed by atoms with Crippen LogP contribution in [0.2, 0.25) is 0 Å². The minimum Gasteiger partial charge on any atom is -0.326 e. The molecule has 0 aliphatic carbocycles. The largest absolute Gasteiger partial charge is 0.326 e. The van der Waals surface area contributed by atoms with Gasteiger partial charge in [-0.1, -0.05) is 18.2 Å². The molecule has 0 saturated heterocycles. The van der Waals surface area contributed by atoms with Crippen LogP contribution >= 0.6 is 11.8 Å². The van der Waals surface area contributed by atoms with Crippen molar-refractivity contribution in [3.63, 3.8) is 0 Å². The van der Waals surface area contributed by atoms with Gasteiger partial charge in [0.15, 0.2) is 5.16 Å². The Morgan fingerprint density at radius 1 is 1.07 bits per heavy atom. The van der Waals surface area contributed by atoms with Gasteiger partial charge in [-0.05, 0) is 23.9 Å². The summed E-state index contributed by atoms with van der Waals surface area (Å²) in [5.41, 5.74) is 6.42. The maximum absolute atomic E-state index is 5.47. The molecular weight excluding hydrogens is 206 g/mol. The molecule has 2 aromatic rings. The van der Waals surface area contributed by atoms with Crippen LogP contribution < -0.4 is 5.73 Å². The molecule has 4 heteroatoms. The van der Waals surface area contributed by atoms with Crippen LogP contribution in [0.3, 0.4) is 0 Å². The average molecular weight is 217 g/mol. The number of hydrogen-bond acceptors (Lipinski definition) is 4. The van der Waals surface area contributed by atoms with E-state index in [2.05, 4.69) is 9.97 Å². The molecule has 0 amide bonds. The monoisotopic (exact) mass is 217 g/mol. The summed E-state index contributed by atoms with van der Waals surface area (Å²) in [6, 6.07) is 10.0. The molecule has 0 bridgehead atoms. The van der Waals surface area contributed by atoms with Crippen LogP contribution in [0, 0.1) is 0 Å². The zero-order chi connectivity index (χ0) is 10.5. The van der Waals surface area contributed by atoms with Gasteiger partial charge in [0.25, 0.3) is 0 Å². The lowest BCUT2D eigenvalue weighted by atomic mass is 10.4. The molecule has 0 aliphatic heterocycles. The van der Waals surface area contributed by atoms with Gasteiger partial charge in [0.05, 0.1) is 0 Å². The fraction of sp³-hybridized carbons (Fsp3) is 0.0909. The summed E-state index contributed by atoms with van der Waals surface area (Å²) in [6.45, 7) is 0.482. The van der Waals surface area contributed by atoms with E-state index in [0.29, 0.717) is 6.54 Å². The fourth-order valence-electron chi connectivity index (χ4n) is 1.09. The first-order valence-corrected chi connectivity index (χ1v) is 5.44. The molecule has 76 valence electrons. The first-order valence-electron chi connectivity index (χ1n) is 4.62. The summed E-state index contributed by atoms with van der Waals surface area (Å²) in [4.78, 5) is 9.57. The van der Waals surface area contributed by atoms with E-state index in [4.69, 9.17) is 5.73 Å². The fourth-order valence-corrected chi connectivity index (χ4v) is 1.81. The van der Waals surface area contributed by atoms with Crippen molar-refractivity contribution in [2.45, 2.75) is 16.6 Å². The Kier molecular flexibility index (Phi) is 3.32. The molecule has 0 spiro atoms. The Hall–Kier alpha value is -1.39. The highest BCUT2D eigenvalue weighted by Crippen LogP contribution is 2.23. The normalized spacial score (nSPS) is 10.2. The molecular formula is C11H11N3S. The van der Waals surface area contributed by atoms with Gasteiger partial charge in [0, 0.05) is 29.4 Å². The quantitative estimate of drug-likeness (QED) is 0.800. The Bertz CT molecular complexity index is 414. The molecule has 0 aliphatic rings. The molecule has 0 fully saturated rings. The summed E-state index contributed by atoms with van der Waals surface area (Å²) < 4.78 is 0. The summed E-state index contributed by atoms with van der Waals surface area (Å²) >= 11 is 1.54. The highest BCUT2D eigenvalue weighted by Gasteiger charge is 1.99. The predicted molar refractivity (Wildman–Crippen MR) is 60.5 cm³/mol. The van der Waals surface area contributed by atoms with Crippen molar-refractivity contribution in [2.75, 3.05) is 0 Å². The van der Waals surface area contributed by atoms with Crippen molar-refractivity contribution < 1.29 is 0 Å². The molecule has 0 atom stereocenters. The summed E-state index contributed by atoms with van der Waals surface area (Å²) in [7, 11) is 0. The molecule has 2 rings (SSSR count). The van der Waals surface area contributed by atoms with E-state index in [0.717, 1.165) is 15.6 Å². The Morgan fingerprint density at radius 3 is 2.33 bits per heavy atom. The van der Waals surface area contributed by atoms with E-state index in [1.807, 2.05) is 30.3 Å². The van der Waals surface area contributed by atoms with Gasteiger partial charge in [0.1, 0.15) is 0 Å². The van der Waals surface area contributed by atoms with Crippen molar-refractivity contribution in [3.8, 4) is 0 Å². The minimum atomic E-state index is 0.482. The second kappa shape index (κ2) is 4.91. The number of nitrogens with zero attached hydrogens (tertiary/aromatic N) is 2. The van der Waals surface area contributed by atoms with Crippen LogP contribution in [0.5, 0.6) is 0 Å². The van der Waals surface area contributed by atoms with E-state index in [9.17, 15) is 0 Å². The van der Waals surface area contributed by atoms with Gasteiger partial charge >= 0.3 is 0 Å². The average Bonchev–Trinajstić information content (AvgIpc) is 2.31. The first kappa shape index (κ1) is 10.1. The Labute approximate surface area is 92.8 Å². The molecule has 0 radical (unpaired) electrons. The lowest BCUT2D eigenvalue weighted by Crippen LogP contribution is -1.98. The van der Waals surface area contributed by atoms with Crippen molar-refractivity contribution in [1.29, 1.82) is 0 Å². The summed E-state index contributed by atoms with van der Waals surface area (Å²) in [5.74, 6) is 0. The van der Waals surface area contributed by atoms with Crippen molar-refractivity contribution in [3.05, 3.63) is 48.3 Å². The molecule has 15 heavy (non-hydrogen) atoms. The van der Waals surface area contributed by atoms with Gasteiger partial charge in [-0.2, -0.15) is 0 Å². The number of benzene rings is 1. The molecule has 3 nitrogen and oxygen atoms in total. The van der Waals surface area contributed by atoms with E-state index in [1.165, 1.54) is 0 Å². The molecule has 1 aromatic heterocycles. The van der Waals surface area contributed by atoms with Gasteiger partial charge in [-0.25, -0.2) is 9.97 Å². The number of hydrogen-bond donors (Lipinski definition) is 1. The third-order valence-electron chi connectivity index (χ3n) is 1.87. The second-order valence-electron chi connectivity index (χ2n) is 2.99. The van der Waals surface area contributed by atoms with Crippen LogP contribution in [0.25, 0.3) is 0 Å². The second-order valence-corrected chi connectivity index (χ2v) is 4.03. The third-order valence-corrected chi connectivity index (χ3v) is 2.77. The number of nitrogens with two attached hydrogens (primary N) is 1. The smallest absolute Gasteiger partial charge is 0.192 e. The topological polar surface area (TPSA) is 51.8 Å². The SMILES string of the molecule is NCc1cnc(Sc2ccccc2)nc1. The molecule has 1 heterocycles. The van der Waals surface area contributed by atoms with Gasteiger partial charge in [-0.15, -0.1) is 0 Å². The van der Waals surface area contributed by atoms with E-state index in [1.54, 1.807) is 24.2 Å². The van der Waals surface area contributed by atoms with E-state index in [-0.39, 0.29) is 0 Å². The highest BCUT2D eigenvalue weighted by molar-refractivity contribution is 7.99. The lowest BCUT2D eigenvalue weighted by Gasteiger charge is -2.00. The molecule has 2 N–H and O–H groups in total. The van der Waals surface area contributed by atoms with Crippen LogP contribution in [-0.4, -0.2) is 9.97 Å². The van der Waals surface area contributed by atoms with Crippen LogP contribution in [0.1, 0.15) is 5.56 Å². The van der Waals surface area contributed by atoms with Gasteiger partial charge in [-0.3, -0.25) is 0 Å². The Balaban J connectivity index is 2.11. The van der Waals surface area contributed by atoms with Crippen molar-refractivity contribution in [2.24, 2.45) is 5.73 Å². The van der Waals surface area contributed by atoms with Crippen LogP contribution in [-0.2, 0) is 6.54 Å². The lowest BCUT2D eigenvalue weighted by molar-refractivity contribution is 0.914. The highest BCUT2D eigenvalue weighted by atomic mass is 32.2. The molecule has 0 unspecified atom stereocenters. The summed E-state index contributed by atoms with van der Waals surface area (Å²) in [6.07, 6.45) is 3.52. The number of rotatable bonds is 3. The Morgan fingerprint density at radius 2 is 1.73 bits per heavy atom. The van der Waals surface area contributed by atoms with E-state index >= 15 is 0 Å². The molecule has 1 aromatic carbocycles. The summed E-state index contributed by atoms with van der Waals surface area (Å²) in [5, 5.41) is 0.749. The maximum atomic E-state index is 5.47. The number of aromatic nitrogens is 2. The third kappa shape index (κ3) is 2.78. The minimum absolute atomic E-state index is 0.482. The van der Waals surface area contributed by atoms with Crippen LogP contribution in [0.4, 0.5) is 0 Å². The van der Waals surface area contributed by atoms with Crippen LogP contribution in [0.15, 0.2) is 52.8 Å². The maximum Gasteiger partial charge on any atom is 0.192 e. The zero-order valence-electron chi connectivity index (χ0n) is 8.13. The van der Waals surface area contributed by atoms with Gasteiger partial charge in [0.2, 0.25) is 0 Å². The van der Waals surface area contributed by atoms with Crippen molar-refractivity contribution >= 4 is 11.8 Å². The van der Waals surface area contributed by atoms with Crippen molar-refractivity contribution in [1.82, 2.24) is 9.97 Å². The first-order chi connectivity index (χ1) is 7.38.